The van der Waals surface area contributed by atoms with Gasteiger partial charge in [-0.05, 0) is 53.7 Å². The van der Waals surface area contributed by atoms with Gasteiger partial charge in [-0.15, -0.1) is 0 Å². The molecule has 12 heteroatoms. The Bertz CT molecular complexity index is 1180. The van der Waals surface area contributed by atoms with Crippen molar-refractivity contribution in [3.05, 3.63) is 68.9 Å². The van der Waals surface area contributed by atoms with E-state index in [2.05, 4.69) is 5.32 Å². The molecule has 1 N–H and O–H groups in total. The summed E-state index contributed by atoms with van der Waals surface area (Å²) in [5, 5.41) is 13.5. The summed E-state index contributed by atoms with van der Waals surface area (Å²) >= 11 is 0.646. The summed E-state index contributed by atoms with van der Waals surface area (Å²) < 4.78 is 18.3. The minimum Gasteiger partial charge on any atom is -0.378 e. The molecule has 0 aliphatic carbocycles. The number of nitro benzene ring substituents is 1. The fraction of sp³-hybridized carbons (Fsp3) is 0.227. The van der Waals surface area contributed by atoms with Crippen LogP contribution in [0.5, 0.6) is 0 Å². The first-order valence-electron chi connectivity index (χ1n) is 10.2. The predicted octanol–water partition coefficient (Wildman–Crippen LogP) is 3.25. The lowest BCUT2D eigenvalue weighted by molar-refractivity contribution is -0.384. The van der Waals surface area contributed by atoms with Crippen LogP contribution in [0.15, 0.2) is 47.4 Å². The Kier molecular flexibility index (Phi) is 6.89. The number of ether oxygens (including phenoxy) is 1. The zero-order chi connectivity index (χ0) is 24.2. The fourth-order valence-corrected chi connectivity index (χ4v) is 4.35. The van der Waals surface area contributed by atoms with Crippen molar-refractivity contribution in [3.63, 3.8) is 0 Å². The number of nitrogens with one attached hydrogen (secondary N) is 1. The summed E-state index contributed by atoms with van der Waals surface area (Å²) in [6.07, 6.45) is 1.39. The van der Waals surface area contributed by atoms with Crippen molar-refractivity contribution >= 4 is 52.0 Å². The predicted molar refractivity (Wildman–Crippen MR) is 124 cm³/mol. The average molecular weight is 486 g/mol. The SMILES string of the molecule is O=C(CN1C(=O)S/C(=C\c2ccc(N3CCOCC3)c([N+](=O)[O-])c2)C1=O)Nc1ccc(F)cc1. The van der Waals surface area contributed by atoms with Gasteiger partial charge in [-0.1, -0.05) is 6.07 Å². The molecule has 2 fully saturated rings. The topological polar surface area (TPSA) is 122 Å². The minimum atomic E-state index is -0.677. The second-order valence-corrected chi connectivity index (χ2v) is 8.42. The minimum absolute atomic E-state index is 0.0491. The Morgan fingerprint density at radius 1 is 1.18 bits per heavy atom. The fourth-order valence-electron chi connectivity index (χ4n) is 3.51. The highest BCUT2D eigenvalue weighted by atomic mass is 32.2. The molecule has 0 radical (unpaired) electrons. The maximum absolute atomic E-state index is 13.0. The van der Waals surface area contributed by atoms with Gasteiger partial charge in [-0.25, -0.2) is 4.39 Å². The summed E-state index contributed by atoms with van der Waals surface area (Å²) in [6, 6.07) is 9.63. The van der Waals surface area contributed by atoms with Gasteiger partial charge in [0, 0.05) is 24.8 Å². The third-order valence-corrected chi connectivity index (χ3v) is 6.06. The molecule has 3 amide bonds. The molecule has 2 heterocycles. The molecular weight excluding hydrogens is 467 g/mol. The van der Waals surface area contributed by atoms with Crippen LogP contribution in [-0.4, -0.2) is 59.7 Å². The number of carbonyl (C=O) groups is 3. The second kappa shape index (κ2) is 10.0. The Labute approximate surface area is 197 Å². The van der Waals surface area contributed by atoms with Gasteiger partial charge in [0.2, 0.25) is 5.91 Å². The van der Waals surface area contributed by atoms with Crippen LogP contribution in [-0.2, 0) is 14.3 Å². The van der Waals surface area contributed by atoms with E-state index in [4.69, 9.17) is 4.74 Å². The quantitative estimate of drug-likeness (QED) is 0.375. The first-order valence-corrected chi connectivity index (χ1v) is 11.1. The summed E-state index contributed by atoms with van der Waals surface area (Å²) in [7, 11) is 0. The number of benzene rings is 2. The van der Waals surface area contributed by atoms with Crippen LogP contribution in [0.25, 0.3) is 6.08 Å². The summed E-state index contributed by atoms with van der Waals surface area (Å²) in [5.74, 6) is -1.77. The van der Waals surface area contributed by atoms with Crippen LogP contribution in [0, 0.1) is 15.9 Å². The summed E-state index contributed by atoms with van der Waals surface area (Å²) in [4.78, 5) is 51.1. The molecular formula is C22H19FN4O6S. The van der Waals surface area contributed by atoms with Crippen molar-refractivity contribution < 1.29 is 28.4 Å². The average Bonchev–Trinajstić information content (AvgIpc) is 3.08. The summed E-state index contributed by atoms with van der Waals surface area (Å²) in [5.41, 5.74) is 1.04. The lowest BCUT2D eigenvalue weighted by Crippen LogP contribution is -2.36. The molecule has 2 aromatic carbocycles. The molecule has 0 aromatic heterocycles. The third-order valence-electron chi connectivity index (χ3n) is 5.15. The number of anilines is 2. The molecule has 2 aromatic rings. The molecule has 0 spiro atoms. The van der Waals surface area contributed by atoms with E-state index in [1.807, 2.05) is 4.90 Å². The highest BCUT2D eigenvalue weighted by Crippen LogP contribution is 2.35. The number of thioether (sulfide) groups is 1. The standard InChI is InChI=1S/C22H19FN4O6S/c23-15-2-4-16(5-3-15)24-20(28)13-26-21(29)19(34-22(26)30)12-14-1-6-17(18(11-14)27(31)32)25-7-9-33-10-8-25/h1-6,11-12H,7-10,13H2,(H,24,28)/b19-12-. The number of nitrogens with zero attached hydrogens (tertiary/aromatic N) is 3. The molecule has 2 aliphatic rings. The number of imide groups is 1. The molecule has 34 heavy (non-hydrogen) atoms. The van der Waals surface area contributed by atoms with Crippen LogP contribution in [0.3, 0.4) is 0 Å². The van der Waals surface area contributed by atoms with Crippen molar-refractivity contribution in [1.29, 1.82) is 0 Å². The van der Waals surface area contributed by atoms with E-state index in [0.717, 1.165) is 4.90 Å². The van der Waals surface area contributed by atoms with E-state index in [-0.39, 0.29) is 10.6 Å². The maximum atomic E-state index is 13.0. The zero-order valence-electron chi connectivity index (χ0n) is 17.7. The molecule has 2 saturated heterocycles. The number of amides is 3. The van der Waals surface area contributed by atoms with Crippen LogP contribution < -0.4 is 10.2 Å². The lowest BCUT2D eigenvalue weighted by atomic mass is 10.1. The number of morpholine rings is 1. The number of hydrogen-bond acceptors (Lipinski definition) is 8. The number of carbonyl (C=O) groups excluding carboxylic acids is 3. The van der Waals surface area contributed by atoms with Gasteiger partial charge in [-0.2, -0.15) is 0 Å². The highest BCUT2D eigenvalue weighted by molar-refractivity contribution is 8.18. The molecule has 176 valence electrons. The van der Waals surface area contributed by atoms with Crippen molar-refractivity contribution in [2.75, 3.05) is 43.1 Å². The van der Waals surface area contributed by atoms with Crippen LogP contribution in [0.1, 0.15) is 5.56 Å². The number of rotatable bonds is 6. The zero-order valence-corrected chi connectivity index (χ0v) is 18.5. The van der Waals surface area contributed by atoms with E-state index in [1.165, 1.54) is 36.4 Å². The van der Waals surface area contributed by atoms with E-state index in [9.17, 15) is 28.9 Å². The Morgan fingerprint density at radius 2 is 1.88 bits per heavy atom. The van der Waals surface area contributed by atoms with Crippen LogP contribution >= 0.6 is 11.8 Å². The van der Waals surface area contributed by atoms with Gasteiger partial charge in [0.05, 0.1) is 23.0 Å². The van der Waals surface area contributed by atoms with Crippen molar-refractivity contribution in [3.8, 4) is 0 Å². The molecule has 0 bridgehead atoms. The van der Waals surface area contributed by atoms with Gasteiger partial charge < -0.3 is 15.0 Å². The maximum Gasteiger partial charge on any atom is 0.294 e. The van der Waals surface area contributed by atoms with Crippen molar-refractivity contribution in [1.82, 2.24) is 4.90 Å². The Morgan fingerprint density at radius 3 is 2.56 bits per heavy atom. The van der Waals surface area contributed by atoms with E-state index in [1.54, 1.807) is 12.1 Å². The summed E-state index contributed by atoms with van der Waals surface area (Å²) in [6.45, 7) is 1.48. The van der Waals surface area contributed by atoms with E-state index in [0.29, 0.717) is 55.0 Å². The smallest absolute Gasteiger partial charge is 0.294 e. The number of hydrogen-bond donors (Lipinski definition) is 1. The van der Waals surface area contributed by atoms with E-state index >= 15 is 0 Å². The lowest BCUT2D eigenvalue weighted by Gasteiger charge is -2.28. The van der Waals surface area contributed by atoms with Gasteiger partial charge >= 0.3 is 0 Å². The Balaban J connectivity index is 1.49. The highest BCUT2D eigenvalue weighted by Gasteiger charge is 2.36. The van der Waals surface area contributed by atoms with Gasteiger partial charge in [0.25, 0.3) is 16.8 Å². The van der Waals surface area contributed by atoms with E-state index < -0.39 is 34.3 Å². The van der Waals surface area contributed by atoms with Gasteiger partial charge in [0.15, 0.2) is 0 Å². The van der Waals surface area contributed by atoms with Gasteiger partial charge in [0.1, 0.15) is 18.0 Å². The molecule has 4 rings (SSSR count). The Hall–Kier alpha value is -3.77. The molecule has 0 atom stereocenters. The molecule has 0 unspecified atom stereocenters. The van der Waals surface area contributed by atoms with Crippen LogP contribution in [0.4, 0.5) is 26.2 Å². The third kappa shape index (κ3) is 5.24. The first-order chi connectivity index (χ1) is 16.3. The molecule has 2 aliphatic heterocycles. The number of halogens is 1. The normalized spacial score (nSPS) is 17.4. The first kappa shape index (κ1) is 23.4. The van der Waals surface area contributed by atoms with Gasteiger partial charge in [-0.3, -0.25) is 29.4 Å². The number of nitro groups is 1. The van der Waals surface area contributed by atoms with Crippen molar-refractivity contribution in [2.24, 2.45) is 0 Å². The molecule has 0 saturated carbocycles. The second-order valence-electron chi connectivity index (χ2n) is 7.43. The monoisotopic (exact) mass is 486 g/mol. The van der Waals surface area contributed by atoms with Crippen molar-refractivity contribution in [2.45, 2.75) is 0 Å². The molecule has 10 nitrogen and oxygen atoms in total. The largest absolute Gasteiger partial charge is 0.378 e. The van der Waals surface area contributed by atoms with Crippen LogP contribution in [0.2, 0.25) is 0 Å².